The van der Waals surface area contributed by atoms with Crippen molar-refractivity contribution in [3.8, 4) is 0 Å². The molecule has 1 aliphatic heterocycles. The Morgan fingerprint density at radius 1 is 1.15 bits per heavy atom. The summed E-state index contributed by atoms with van der Waals surface area (Å²) in [6.07, 6.45) is 3.44. The lowest BCUT2D eigenvalue weighted by Crippen LogP contribution is -2.51. The second-order valence-corrected chi connectivity index (χ2v) is 6.31. The van der Waals surface area contributed by atoms with Gasteiger partial charge in [-0.3, -0.25) is 4.90 Å². The maximum absolute atomic E-state index is 10.8. The van der Waals surface area contributed by atoms with E-state index in [4.69, 9.17) is 4.74 Å². The van der Waals surface area contributed by atoms with Crippen LogP contribution in [0.3, 0.4) is 0 Å². The van der Waals surface area contributed by atoms with Crippen LogP contribution in [0.15, 0.2) is 24.3 Å². The number of nitrogens with zero attached hydrogens (tertiary/aromatic N) is 1. The van der Waals surface area contributed by atoms with Gasteiger partial charge < -0.3 is 9.84 Å². The number of ether oxygens (including phenoxy) is 1. The van der Waals surface area contributed by atoms with Crippen LogP contribution in [-0.2, 0) is 11.2 Å². The van der Waals surface area contributed by atoms with Crippen molar-refractivity contribution in [3.63, 3.8) is 0 Å². The monoisotopic (exact) mass is 275 g/mol. The maximum Gasteiger partial charge on any atom is 0.0947 e. The molecular weight excluding hydrogens is 250 g/mol. The fourth-order valence-electron chi connectivity index (χ4n) is 3.79. The molecule has 1 fully saturated rings. The molecule has 1 aromatic carbocycles. The van der Waals surface area contributed by atoms with Gasteiger partial charge in [0.25, 0.3) is 0 Å². The van der Waals surface area contributed by atoms with Crippen molar-refractivity contribution in [2.45, 2.75) is 57.5 Å². The van der Waals surface area contributed by atoms with E-state index in [-0.39, 0.29) is 24.4 Å². The van der Waals surface area contributed by atoms with Gasteiger partial charge in [-0.05, 0) is 44.2 Å². The smallest absolute Gasteiger partial charge is 0.0947 e. The molecule has 3 rings (SSSR count). The highest BCUT2D eigenvalue weighted by atomic mass is 16.5. The predicted molar refractivity (Wildman–Crippen MR) is 79.7 cm³/mol. The van der Waals surface area contributed by atoms with Gasteiger partial charge in [0.2, 0.25) is 0 Å². The molecule has 3 heteroatoms. The Balaban J connectivity index is 1.83. The normalized spacial score (nSPS) is 35.4. The third kappa shape index (κ3) is 2.76. The minimum absolute atomic E-state index is 0.229. The molecule has 4 unspecified atom stereocenters. The zero-order valence-electron chi connectivity index (χ0n) is 12.5. The van der Waals surface area contributed by atoms with Crippen molar-refractivity contribution in [1.82, 2.24) is 4.90 Å². The number of benzene rings is 1. The lowest BCUT2D eigenvalue weighted by atomic mass is 9.97. The Kier molecular flexibility index (Phi) is 4.11. The predicted octanol–water partition coefficient (Wildman–Crippen LogP) is 2.53. The Hall–Kier alpha value is -0.900. The number of aliphatic hydroxyl groups excluding tert-OH is 1. The van der Waals surface area contributed by atoms with E-state index in [1.807, 2.05) is 6.07 Å². The SMILES string of the molecule is CC1CN(C2CCCc3ccccc3C2O)CC(C)O1. The first-order chi connectivity index (χ1) is 9.65. The molecule has 20 heavy (non-hydrogen) atoms. The number of fused-ring (bicyclic) bond motifs is 1. The summed E-state index contributed by atoms with van der Waals surface area (Å²) in [6, 6.07) is 8.59. The van der Waals surface area contributed by atoms with Crippen LogP contribution in [0.25, 0.3) is 0 Å². The molecule has 2 aliphatic rings. The molecule has 1 heterocycles. The van der Waals surface area contributed by atoms with Gasteiger partial charge in [0, 0.05) is 19.1 Å². The zero-order chi connectivity index (χ0) is 14.1. The highest BCUT2D eigenvalue weighted by Gasteiger charge is 2.34. The minimum atomic E-state index is -0.369. The molecule has 110 valence electrons. The molecule has 1 aromatic rings. The molecule has 3 nitrogen and oxygen atoms in total. The molecule has 0 spiro atoms. The number of rotatable bonds is 1. The van der Waals surface area contributed by atoms with Crippen LogP contribution >= 0.6 is 0 Å². The number of morpholine rings is 1. The largest absolute Gasteiger partial charge is 0.387 e. The standard InChI is InChI=1S/C17H25NO2/c1-12-10-18(11-13(2)20-12)16-9-5-7-14-6-3-4-8-15(14)17(16)19/h3-4,6,8,12-13,16-17,19H,5,7,9-11H2,1-2H3. The van der Waals surface area contributed by atoms with Crippen LogP contribution in [0, 0.1) is 0 Å². The first kappa shape index (κ1) is 14.1. The summed E-state index contributed by atoms with van der Waals surface area (Å²) in [6.45, 7) is 6.10. The summed E-state index contributed by atoms with van der Waals surface area (Å²) in [4.78, 5) is 2.44. The lowest BCUT2D eigenvalue weighted by Gasteiger charge is -2.41. The highest BCUT2D eigenvalue weighted by Crippen LogP contribution is 2.33. The zero-order valence-corrected chi connectivity index (χ0v) is 12.5. The average Bonchev–Trinajstić information content (AvgIpc) is 2.58. The van der Waals surface area contributed by atoms with E-state index in [1.165, 1.54) is 5.56 Å². The number of aliphatic hydroxyl groups is 1. The van der Waals surface area contributed by atoms with Gasteiger partial charge in [-0.25, -0.2) is 0 Å². The summed E-state index contributed by atoms with van der Waals surface area (Å²) in [5.41, 5.74) is 2.44. The van der Waals surface area contributed by atoms with Gasteiger partial charge in [-0.2, -0.15) is 0 Å². The van der Waals surface area contributed by atoms with Crippen LogP contribution < -0.4 is 0 Å². The third-order valence-electron chi connectivity index (χ3n) is 4.60. The molecule has 0 bridgehead atoms. The van der Waals surface area contributed by atoms with Crippen molar-refractivity contribution < 1.29 is 9.84 Å². The van der Waals surface area contributed by atoms with E-state index in [2.05, 4.69) is 36.9 Å². The molecular formula is C17H25NO2. The first-order valence-corrected chi connectivity index (χ1v) is 7.80. The van der Waals surface area contributed by atoms with Gasteiger partial charge in [-0.15, -0.1) is 0 Å². The quantitative estimate of drug-likeness (QED) is 0.800. The summed E-state index contributed by atoms with van der Waals surface area (Å²) < 4.78 is 5.82. The second-order valence-electron chi connectivity index (χ2n) is 6.31. The second kappa shape index (κ2) is 5.84. The first-order valence-electron chi connectivity index (χ1n) is 7.80. The van der Waals surface area contributed by atoms with E-state index in [0.717, 1.165) is 37.9 Å². The van der Waals surface area contributed by atoms with Gasteiger partial charge in [-0.1, -0.05) is 24.3 Å². The Labute approximate surface area is 121 Å². The molecule has 0 radical (unpaired) electrons. The van der Waals surface area contributed by atoms with E-state index >= 15 is 0 Å². The molecule has 1 N–H and O–H groups in total. The minimum Gasteiger partial charge on any atom is -0.387 e. The molecule has 0 aromatic heterocycles. The summed E-state index contributed by atoms with van der Waals surface area (Å²) in [5, 5.41) is 10.8. The lowest BCUT2D eigenvalue weighted by molar-refractivity contribution is -0.0972. The third-order valence-corrected chi connectivity index (χ3v) is 4.60. The molecule has 0 amide bonds. The van der Waals surface area contributed by atoms with Crippen molar-refractivity contribution >= 4 is 0 Å². The van der Waals surface area contributed by atoms with Crippen molar-refractivity contribution in [2.24, 2.45) is 0 Å². The van der Waals surface area contributed by atoms with Crippen LogP contribution in [0.4, 0.5) is 0 Å². The van der Waals surface area contributed by atoms with E-state index < -0.39 is 0 Å². The van der Waals surface area contributed by atoms with Crippen molar-refractivity contribution in [1.29, 1.82) is 0 Å². The molecule has 0 saturated carbocycles. The summed E-state index contributed by atoms with van der Waals surface area (Å²) >= 11 is 0. The molecule has 4 atom stereocenters. The van der Waals surface area contributed by atoms with Gasteiger partial charge in [0.1, 0.15) is 0 Å². The van der Waals surface area contributed by atoms with E-state index in [9.17, 15) is 5.11 Å². The Morgan fingerprint density at radius 3 is 2.60 bits per heavy atom. The fourth-order valence-corrected chi connectivity index (χ4v) is 3.79. The van der Waals surface area contributed by atoms with Gasteiger partial charge in [0.15, 0.2) is 0 Å². The number of aryl methyl sites for hydroxylation is 1. The van der Waals surface area contributed by atoms with Crippen LogP contribution in [-0.4, -0.2) is 41.3 Å². The summed E-state index contributed by atoms with van der Waals surface area (Å²) in [5.74, 6) is 0. The summed E-state index contributed by atoms with van der Waals surface area (Å²) in [7, 11) is 0. The number of hydrogen-bond donors (Lipinski definition) is 1. The van der Waals surface area contributed by atoms with E-state index in [1.54, 1.807) is 0 Å². The van der Waals surface area contributed by atoms with Crippen LogP contribution in [0.1, 0.15) is 43.9 Å². The van der Waals surface area contributed by atoms with Crippen molar-refractivity contribution in [2.75, 3.05) is 13.1 Å². The van der Waals surface area contributed by atoms with Gasteiger partial charge >= 0.3 is 0 Å². The fraction of sp³-hybridized carbons (Fsp3) is 0.647. The topological polar surface area (TPSA) is 32.7 Å². The van der Waals surface area contributed by atoms with E-state index in [0.29, 0.717) is 0 Å². The van der Waals surface area contributed by atoms with Crippen LogP contribution in [0.5, 0.6) is 0 Å². The molecule has 1 aliphatic carbocycles. The highest BCUT2D eigenvalue weighted by molar-refractivity contribution is 5.31. The van der Waals surface area contributed by atoms with Crippen molar-refractivity contribution in [3.05, 3.63) is 35.4 Å². The van der Waals surface area contributed by atoms with Crippen LogP contribution in [0.2, 0.25) is 0 Å². The molecule has 1 saturated heterocycles. The average molecular weight is 275 g/mol. The maximum atomic E-state index is 10.8. The Bertz CT molecular complexity index is 452. The number of hydrogen-bond acceptors (Lipinski definition) is 3. The Morgan fingerprint density at radius 2 is 1.85 bits per heavy atom. The van der Waals surface area contributed by atoms with Gasteiger partial charge in [0.05, 0.1) is 18.3 Å².